The van der Waals surface area contributed by atoms with Crippen molar-refractivity contribution in [3.05, 3.63) is 48.0 Å². The van der Waals surface area contributed by atoms with Crippen molar-refractivity contribution in [2.75, 3.05) is 6.61 Å². The van der Waals surface area contributed by atoms with Crippen molar-refractivity contribution in [3.63, 3.8) is 0 Å². The van der Waals surface area contributed by atoms with Gasteiger partial charge < -0.3 is 14.8 Å². The summed E-state index contributed by atoms with van der Waals surface area (Å²) in [7, 11) is 0. The monoisotopic (exact) mass is 331 g/mol. The van der Waals surface area contributed by atoms with Crippen molar-refractivity contribution in [3.8, 4) is 0 Å². The lowest BCUT2D eigenvalue weighted by Gasteiger charge is -2.28. The highest BCUT2D eigenvalue weighted by Crippen LogP contribution is 2.20. The van der Waals surface area contributed by atoms with E-state index in [1.165, 1.54) is 0 Å². The third kappa shape index (κ3) is 6.07. The highest BCUT2D eigenvalue weighted by molar-refractivity contribution is 5.69. The van der Waals surface area contributed by atoms with E-state index in [4.69, 9.17) is 9.47 Å². The molecule has 0 aromatic heterocycles. The summed E-state index contributed by atoms with van der Waals surface area (Å²) in [5.74, 6) is -0.0995. The summed E-state index contributed by atoms with van der Waals surface area (Å²) in [4.78, 5) is 23.5. The quantitative estimate of drug-likeness (QED) is 0.612. The van der Waals surface area contributed by atoms with Gasteiger partial charge >= 0.3 is 12.1 Å². The predicted molar refractivity (Wildman–Crippen MR) is 91.3 cm³/mol. The van der Waals surface area contributed by atoms with Gasteiger partial charge in [0.2, 0.25) is 0 Å². The number of benzene rings is 1. The molecule has 0 saturated carbocycles. The molecule has 2 atom stereocenters. The zero-order valence-electron chi connectivity index (χ0n) is 14.1. The van der Waals surface area contributed by atoms with Crippen LogP contribution in [-0.4, -0.2) is 24.7 Å². The molecule has 0 saturated heterocycles. The number of carbonyl (C=O) groups excluding carboxylic acids is 2. The first-order valence-electron chi connectivity index (χ1n) is 8.47. The van der Waals surface area contributed by atoms with Crippen molar-refractivity contribution >= 4 is 12.1 Å². The first kappa shape index (κ1) is 18.0. The molecule has 5 nitrogen and oxygen atoms in total. The molecule has 5 heteroatoms. The topological polar surface area (TPSA) is 64.6 Å². The number of allylic oxidation sites excluding steroid dienone is 1. The molecule has 1 amide bonds. The number of amides is 1. The fourth-order valence-corrected chi connectivity index (χ4v) is 2.62. The molecular formula is C19H25NO4. The largest absolute Gasteiger partial charge is 0.465 e. The molecule has 0 heterocycles. The van der Waals surface area contributed by atoms with Gasteiger partial charge in [-0.25, -0.2) is 4.79 Å². The van der Waals surface area contributed by atoms with Crippen LogP contribution < -0.4 is 5.32 Å². The molecule has 1 aromatic rings. The van der Waals surface area contributed by atoms with Crippen LogP contribution in [0.1, 0.15) is 38.2 Å². The maximum absolute atomic E-state index is 12.0. The third-order valence-corrected chi connectivity index (χ3v) is 3.99. The second-order valence-corrected chi connectivity index (χ2v) is 5.95. The van der Waals surface area contributed by atoms with Gasteiger partial charge in [0.1, 0.15) is 6.61 Å². The second-order valence-electron chi connectivity index (χ2n) is 5.95. The number of alkyl carbamates (subject to hydrolysis) is 1. The van der Waals surface area contributed by atoms with Crippen LogP contribution in [0.25, 0.3) is 0 Å². The van der Waals surface area contributed by atoms with Crippen molar-refractivity contribution < 1.29 is 19.1 Å². The fourth-order valence-electron chi connectivity index (χ4n) is 2.62. The first-order chi connectivity index (χ1) is 11.7. The van der Waals surface area contributed by atoms with Gasteiger partial charge in [-0.2, -0.15) is 0 Å². The Labute approximate surface area is 143 Å². The van der Waals surface area contributed by atoms with Gasteiger partial charge in [-0.15, -0.1) is 0 Å². The van der Waals surface area contributed by atoms with Crippen molar-refractivity contribution in [1.82, 2.24) is 5.32 Å². The van der Waals surface area contributed by atoms with Crippen molar-refractivity contribution in [1.29, 1.82) is 0 Å². The van der Waals surface area contributed by atoms with Crippen LogP contribution in [0.5, 0.6) is 0 Å². The lowest BCUT2D eigenvalue weighted by atomic mass is 9.90. The predicted octanol–water partition coefficient (Wildman–Crippen LogP) is 3.59. The zero-order valence-corrected chi connectivity index (χ0v) is 14.1. The molecule has 0 spiro atoms. The molecule has 24 heavy (non-hydrogen) atoms. The molecular weight excluding hydrogens is 306 g/mol. The summed E-state index contributed by atoms with van der Waals surface area (Å²) in [6, 6.07) is 9.47. The van der Waals surface area contributed by atoms with E-state index in [0.717, 1.165) is 24.8 Å². The van der Waals surface area contributed by atoms with Gasteiger partial charge in [-0.05, 0) is 24.8 Å². The molecule has 0 bridgehead atoms. The Morgan fingerprint density at radius 3 is 2.62 bits per heavy atom. The van der Waals surface area contributed by atoms with Gasteiger partial charge in [0, 0.05) is 18.4 Å². The Morgan fingerprint density at radius 2 is 1.88 bits per heavy atom. The van der Waals surface area contributed by atoms with Gasteiger partial charge in [0.15, 0.2) is 0 Å². The van der Waals surface area contributed by atoms with Gasteiger partial charge in [0.05, 0.1) is 6.61 Å². The Kier molecular flexibility index (Phi) is 7.33. The van der Waals surface area contributed by atoms with Crippen LogP contribution in [0.3, 0.4) is 0 Å². The SMILES string of the molecule is CCCC(=O)OC[C@@H]1CC=CC[C@H]1NC(=O)OCc1ccccc1. The minimum atomic E-state index is -0.441. The van der Waals surface area contributed by atoms with E-state index in [-0.39, 0.29) is 24.5 Å². The molecule has 0 aliphatic heterocycles. The minimum Gasteiger partial charge on any atom is -0.465 e. The maximum atomic E-state index is 12.0. The first-order valence-corrected chi connectivity index (χ1v) is 8.47. The summed E-state index contributed by atoms with van der Waals surface area (Å²) in [6.07, 6.45) is 6.36. The van der Waals surface area contributed by atoms with Gasteiger partial charge in [-0.1, -0.05) is 49.4 Å². The molecule has 1 aromatic carbocycles. The number of rotatable bonds is 7. The number of esters is 1. The molecule has 1 aliphatic rings. The second kappa shape index (κ2) is 9.75. The van der Waals surface area contributed by atoms with Gasteiger partial charge in [0.25, 0.3) is 0 Å². The summed E-state index contributed by atoms with van der Waals surface area (Å²) < 4.78 is 10.6. The van der Waals surface area contributed by atoms with Crippen LogP contribution in [0.15, 0.2) is 42.5 Å². The summed E-state index contributed by atoms with van der Waals surface area (Å²) in [6.45, 7) is 2.51. The molecule has 1 N–H and O–H groups in total. The van der Waals surface area contributed by atoms with Crippen LogP contribution in [0.4, 0.5) is 4.79 Å². The maximum Gasteiger partial charge on any atom is 0.407 e. The van der Waals surface area contributed by atoms with E-state index in [0.29, 0.717) is 13.0 Å². The molecule has 0 radical (unpaired) electrons. The summed E-state index contributed by atoms with van der Waals surface area (Å²) in [5, 5.41) is 2.89. The number of carbonyl (C=O) groups is 2. The zero-order chi connectivity index (χ0) is 17.2. The summed E-state index contributed by atoms with van der Waals surface area (Å²) in [5.41, 5.74) is 0.946. The Hall–Kier alpha value is -2.30. The normalized spacial score (nSPS) is 19.5. The van der Waals surface area contributed by atoms with Crippen LogP contribution in [0.2, 0.25) is 0 Å². The van der Waals surface area contributed by atoms with Gasteiger partial charge in [-0.3, -0.25) is 4.79 Å². The standard InChI is InChI=1S/C19H25NO4/c1-2-8-18(21)23-14-16-11-6-7-12-17(16)20-19(22)24-13-15-9-4-3-5-10-15/h3-7,9-10,16-17H,2,8,11-14H2,1H3,(H,20,22)/t16-,17+/m0/s1. The van der Waals surface area contributed by atoms with Crippen LogP contribution in [-0.2, 0) is 20.9 Å². The average molecular weight is 331 g/mol. The van der Waals surface area contributed by atoms with E-state index in [1.54, 1.807) is 0 Å². The number of ether oxygens (including phenoxy) is 2. The highest BCUT2D eigenvalue weighted by atomic mass is 16.5. The van der Waals surface area contributed by atoms with E-state index in [9.17, 15) is 9.59 Å². The van der Waals surface area contributed by atoms with E-state index >= 15 is 0 Å². The molecule has 1 aliphatic carbocycles. The number of hydrogen-bond donors (Lipinski definition) is 1. The Balaban J connectivity index is 1.78. The Bertz CT molecular complexity index is 556. The van der Waals surface area contributed by atoms with E-state index in [2.05, 4.69) is 11.4 Å². The number of nitrogens with one attached hydrogen (secondary N) is 1. The lowest BCUT2D eigenvalue weighted by Crippen LogP contribution is -2.43. The average Bonchev–Trinajstić information content (AvgIpc) is 2.60. The Morgan fingerprint density at radius 1 is 1.12 bits per heavy atom. The van der Waals surface area contributed by atoms with Crippen molar-refractivity contribution in [2.45, 2.75) is 45.3 Å². The summed E-state index contributed by atoms with van der Waals surface area (Å²) >= 11 is 0. The highest BCUT2D eigenvalue weighted by Gasteiger charge is 2.25. The van der Waals surface area contributed by atoms with E-state index in [1.807, 2.05) is 43.3 Å². The van der Waals surface area contributed by atoms with Crippen molar-refractivity contribution in [2.24, 2.45) is 5.92 Å². The molecule has 0 unspecified atom stereocenters. The number of hydrogen-bond acceptors (Lipinski definition) is 4. The molecule has 2 rings (SSSR count). The molecule has 0 fully saturated rings. The van der Waals surface area contributed by atoms with Crippen LogP contribution in [0, 0.1) is 5.92 Å². The minimum absolute atomic E-state index is 0.0762. The van der Waals surface area contributed by atoms with E-state index < -0.39 is 6.09 Å². The lowest BCUT2D eigenvalue weighted by molar-refractivity contribution is -0.145. The smallest absolute Gasteiger partial charge is 0.407 e. The molecule has 130 valence electrons. The van der Waals surface area contributed by atoms with Crippen LogP contribution >= 0.6 is 0 Å². The fraction of sp³-hybridized carbons (Fsp3) is 0.474. The third-order valence-electron chi connectivity index (χ3n) is 3.99.